The van der Waals surface area contributed by atoms with Crippen LogP contribution in [0.25, 0.3) is 0 Å². The van der Waals surface area contributed by atoms with E-state index < -0.39 is 0 Å². The van der Waals surface area contributed by atoms with Crippen molar-refractivity contribution in [2.45, 2.75) is 25.5 Å². The van der Waals surface area contributed by atoms with Crippen molar-refractivity contribution in [2.24, 2.45) is 0 Å². The number of hydrogen-bond donors (Lipinski definition) is 2. The number of aliphatic hydroxyl groups excluding tert-OH is 1. The standard InChI is InChI=1S/C17H18BrNO2/c1-21-17-8-5-12(9-11(17)10-20)19-16-7-6-13-14(16)3-2-4-15(13)18/h2-5,8-9,16,19-20H,6-7,10H2,1H3. The van der Waals surface area contributed by atoms with Crippen molar-refractivity contribution in [2.75, 3.05) is 12.4 Å². The van der Waals surface area contributed by atoms with Crippen molar-refractivity contribution in [3.63, 3.8) is 0 Å². The first-order valence-corrected chi connectivity index (χ1v) is 7.84. The lowest BCUT2D eigenvalue weighted by Crippen LogP contribution is -2.07. The minimum atomic E-state index is -0.0223. The molecule has 0 aromatic heterocycles. The van der Waals surface area contributed by atoms with Gasteiger partial charge in [-0.3, -0.25) is 0 Å². The molecule has 1 aliphatic carbocycles. The van der Waals surface area contributed by atoms with E-state index in [-0.39, 0.29) is 6.61 Å². The van der Waals surface area contributed by atoms with E-state index in [0.29, 0.717) is 6.04 Å². The number of aliphatic hydroxyl groups is 1. The summed E-state index contributed by atoms with van der Waals surface area (Å²) in [6.45, 7) is -0.0223. The molecule has 110 valence electrons. The fourth-order valence-corrected chi connectivity index (χ4v) is 3.53. The first-order valence-electron chi connectivity index (χ1n) is 7.04. The number of hydrogen-bond acceptors (Lipinski definition) is 3. The average molecular weight is 348 g/mol. The van der Waals surface area contributed by atoms with E-state index in [1.165, 1.54) is 15.6 Å². The summed E-state index contributed by atoms with van der Waals surface area (Å²) < 4.78 is 6.43. The lowest BCUT2D eigenvalue weighted by Gasteiger charge is -2.17. The third kappa shape index (κ3) is 2.78. The van der Waals surface area contributed by atoms with Gasteiger partial charge >= 0.3 is 0 Å². The maximum atomic E-state index is 9.42. The van der Waals surface area contributed by atoms with E-state index in [9.17, 15) is 5.11 Å². The smallest absolute Gasteiger partial charge is 0.124 e. The summed E-state index contributed by atoms with van der Waals surface area (Å²) >= 11 is 3.62. The van der Waals surface area contributed by atoms with Gasteiger partial charge in [-0.25, -0.2) is 0 Å². The van der Waals surface area contributed by atoms with Gasteiger partial charge in [0.1, 0.15) is 5.75 Å². The largest absolute Gasteiger partial charge is 0.496 e. The van der Waals surface area contributed by atoms with E-state index in [0.717, 1.165) is 29.8 Å². The van der Waals surface area contributed by atoms with Gasteiger partial charge in [0.15, 0.2) is 0 Å². The lowest BCUT2D eigenvalue weighted by atomic mass is 10.1. The molecular weight excluding hydrogens is 330 g/mol. The van der Waals surface area contributed by atoms with Crippen LogP contribution >= 0.6 is 15.9 Å². The van der Waals surface area contributed by atoms with Gasteiger partial charge in [-0.05, 0) is 48.2 Å². The summed E-state index contributed by atoms with van der Waals surface area (Å²) in [6.07, 6.45) is 2.16. The molecule has 0 radical (unpaired) electrons. The molecule has 3 nitrogen and oxygen atoms in total. The number of halogens is 1. The summed E-state index contributed by atoms with van der Waals surface area (Å²) in [5.74, 6) is 0.720. The predicted octanol–water partition coefficient (Wildman–Crippen LogP) is 4.05. The molecule has 0 saturated carbocycles. The quantitative estimate of drug-likeness (QED) is 0.876. The van der Waals surface area contributed by atoms with E-state index in [2.05, 4.69) is 39.4 Å². The van der Waals surface area contributed by atoms with Crippen molar-refractivity contribution in [1.29, 1.82) is 0 Å². The van der Waals surface area contributed by atoms with Gasteiger partial charge in [0.05, 0.1) is 19.8 Å². The number of fused-ring (bicyclic) bond motifs is 1. The lowest BCUT2D eigenvalue weighted by molar-refractivity contribution is 0.274. The molecule has 0 spiro atoms. The molecule has 0 saturated heterocycles. The Morgan fingerprint density at radius 1 is 1.33 bits per heavy atom. The van der Waals surface area contributed by atoms with Crippen molar-refractivity contribution >= 4 is 21.6 Å². The number of nitrogens with one attached hydrogen (secondary N) is 1. The SMILES string of the molecule is COc1ccc(NC2CCc3c(Br)cccc32)cc1CO. The van der Waals surface area contributed by atoms with Crippen LogP contribution in [0.2, 0.25) is 0 Å². The van der Waals surface area contributed by atoms with E-state index >= 15 is 0 Å². The van der Waals surface area contributed by atoms with Crippen molar-refractivity contribution in [3.05, 3.63) is 57.6 Å². The van der Waals surface area contributed by atoms with Crippen LogP contribution in [0.1, 0.15) is 29.2 Å². The molecule has 0 fully saturated rings. The predicted molar refractivity (Wildman–Crippen MR) is 87.7 cm³/mol. The van der Waals surface area contributed by atoms with Crippen LogP contribution in [0.4, 0.5) is 5.69 Å². The third-order valence-electron chi connectivity index (χ3n) is 4.01. The Kier molecular flexibility index (Phi) is 4.17. The zero-order valence-corrected chi connectivity index (χ0v) is 13.5. The maximum absolute atomic E-state index is 9.42. The molecule has 4 heteroatoms. The van der Waals surface area contributed by atoms with Crippen molar-refractivity contribution in [1.82, 2.24) is 0 Å². The fourth-order valence-electron chi connectivity index (χ4n) is 2.95. The molecule has 2 N–H and O–H groups in total. The van der Waals surface area contributed by atoms with Crippen LogP contribution in [-0.2, 0) is 13.0 Å². The molecule has 0 heterocycles. The summed E-state index contributed by atoms with van der Waals surface area (Å²) in [5.41, 5.74) is 4.56. The number of ether oxygens (including phenoxy) is 1. The topological polar surface area (TPSA) is 41.5 Å². The Hall–Kier alpha value is -1.52. The highest BCUT2D eigenvalue weighted by Crippen LogP contribution is 2.38. The second kappa shape index (κ2) is 6.08. The zero-order valence-electron chi connectivity index (χ0n) is 11.9. The minimum Gasteiger partial charge on any atom is -0.496 e. The highest BCUT2D eigenvalue weighted by atomic mass is 79.9. The van der Waals surface area contributed by atoms with Crippen LogP contribution in [-0.4, -0.2) is 12.2 Å². The van der Waals surface area contributed by atoms with Gasteiger partial charge < -0.3 is 15.2 Å². The number of rotatable bonds is 4. The van der Waals surface area contributed by atoms with E-state index in [4.69, 9.17) is 4.74 Å². The Bertz CT molecular complexity index is 657. The highest BCUT2D eigenvalue weighted by molar-refractivity contribution is 9.10. The first-order chi connectivity index (χ1) is 10.2. The number of methoxy groups -OCH3 is 1. The molecule has 2 aromatic carbocycles. The third-order valence-corrected chi connectivity index (χ3v) is 4.75. The van der Waals surface area contributed by atoms with Gasteiger partial charge in [0.2, 0.25) is 0 Å². The van der Waals surface area contributed by atoms with Gasteiger partial charge in [0.25, 0.3) is 0 Å². The van der Waals surface area contributed by atoms with Crippen LogP contribution in [0.15, 0.2) is 40.9 Å². The molecule has 2 aromatic rings. The molecule has 0 bridgehead atoms. The maximum Gasteiger partial charge on any atom is 0.124 e. The molecule has 1 unspecified atom stereocenters. The average Bonchev–Trinajstić information content (AvgIpc) is 2.92. The fraction of sp³-hybridized carbons (Fsp3) is 0.294. The number of benzene rings is 2. The van der Waals surface area contributed by atoms with Gasteiger partial charge in [-0.1, -0.05) is 28.1 Å². The monoisotopic (exact) mass is 347 g/mol. The second-order valence-electron chi connectivity index (χ2n) is 5.23. The van der Waals surface area contributed by atoms with Crippen LogP contribution in [0.5, 0.6) is 5.75 Å². The summed E-state index contributed by atoms with van der Waals surface area (Å²) in [4.78, 5) is 0. The van der Waals surface area contributed by atoms with E-state index in [1.54, 1.807) is 7.11 Å². The zero-order chi connectivity index (χ0) is 14.8. The highest BCUT2D eigenvalue weighted by Gasteiger charge is 2.23. The summed E-state index contributed by atoms with van der Waals surface area (Å²) in [5, 5.41) is 13.0. The van der Waals surface area contributed by atoms with Crippen LogP contribution in [0, 0.1) is 0 Å². The Balaban J connectivity index is 1.85. The molecule has 1 aliphatic rings. The first kappa shape index (κ1) is 14.4. The molecular formula is C17H18BrNO2. The molecule has 1 atom stereocenters. The minimum absolute atomic E-state index is 0.0223. The van der Waals surface area contributed by atoms with Gasteiger partial charge in [0, 0.05) is 15.7 Å². The van der Waals surface area contributed by atoms with Crippen molar-refractivity contribution < 1.29 is 9.84 Å². The Morgan fingerprint density at radius 3 is 2.95 bits per heavy atom. The van der Waals surface area contributed by atoms with Crippen LogP contribution in [0.3, 0.4) is 0 Å². The molecule has 0 aliphatic heterocycles. The van der Waals surface area contributed by atoms with Gasteiger partial charge in [-0.2, -0.15) is 0 Å². The number of anilines is 1. The second-order valence-corrected chi connectivity index (χ2v) is 6.08. The molecule has 0 amide bonds. The summed E-state index contributed by atoms with van der Waals surface area (Å²) in [6, 6.07) is 12.5. The summed E-state index contributed by atoms with van der Waals surface area (Å²) in [7, 11) is 1.62. The van der Waals surface area contributed by atoms with Crippen LogP contribution < -0.4 is 10.1 Å². The van der Waals surface area contributed by atoms with Gasteiger partial charge in [-0.15, -0.1) is 0 Å². The normalized spacial score (nSPS) is 16.6. The molecule has 3 rings (SSSR count). The Morgan fingerprint density at radius 2 is 2.19 bits per heavy atom. The molecule has 21 heavy (non-hydrogen) atoms. The van der Waals surface area contributed by atoms with Crippen molar-refractivity contribution in [3.8, 4) is 5.75 Å². The van der Waals surface area contributed by atoms with E-state index in [1.807, 2.05) is 18.2 Å². The Labute approximate surface area is 133 Å².